The lowest BCUT2D eigenvalue weighted by atomic mass is 10.2. The van der Waals surface area contributed by atoms with Crippen LogP contribution in [0.2, 0.25) is 0 Å². The lowest BCUT2D eigenvalue weighted by molar-refractivity contribution is 0.100. The van der Waals surface area contributed by atoms with Gasteiger partial charge in [0, 0.05) is 16.5 Å². The lowest BCUT2D eigenvalue weighted by Gasteiger charge is -2.07. The van der Waals surface area contributed by atoms with Crippen molar-refractivity contribution in [3.8, 4) is 0 Å². The fourth-order valence-corrected chi connectivity index (χ4v) is 2.53. The summed E-state index contributed by atoms with van der Waals surface area (Å²) in [5, 5.41) is 4.69. The number of anilines is 1. The number of nitrogens with one attached hydrogen (secondary N) is 1. The van der Waals surface area contributed by atoms with E-state index in [1.165, 1.54) is 0 Å². The molecule has 2 rings (SSSR count). The molecule has 1 aliphatic heterocycles. The fourth-order valence-electron chi connectivity index (χ4n) is 1.57. The number of nitrogens with zero attached hydrogens (tertiary/aromatic N) is 1. The molecule has 1 heterocycles. The number of thioether (sulfide) groups is 1. The number of carbonyl (C=O) groups excluding carboxylic acids is 1. The molecule has 0 saturated heterocycles. The Morgan fingerprint density at radius 2 is 2.47 bits per heavy atom. The molecule has 3 N–H and O–H groups in total. The van der Waals surface area contributed by atoms with Crippen LogP contribution in [0.15, 0.2) is 29.3 Å². The quantitative estimate of drug-likeness (QED) is 0.861. The summed E-state index contributed by atoms with van der Waals surface area (Å²) in [7, 11) is 0. The summed E-state index contributed by atoms with van der Waals surface area (Å²) in [5.74, 6) is -0.416. The van der Waals surface area contributed by atoms with Crippen molar-refractivity contribution in [3.63, 3.8) is 0 Å². The predicted octanol–water partition coefficient (Wildman–Crippen LogP) is 2.08. The highest BCUT2D eigenvalue weighted by Crippen LogP contribution is 2.24. The van der Waals surface area contributed by atoms with Gasteiger partial charge in [-0.25, -0.2) is 0 Å². The molecule has 1 aromatic rings. The first-order valence-electron chi connectivity index (χ1n) is 5.57. The number of hydrogen-bond donors (Lipinski definition) is 2. The first-order chi connectivity index (χ1) is 8.19. The molecule has 0 aromatic heterocycles. The van der Waals surface area contributed by atoms with Gasteiger partial charge < -0.3 is 11.1 Å². The van der Waals surface area contributed by atoms with Crippen molar-refractivity contribution >= 4 is 28.5 Å². The molecule has 0 saturated carbocycles. The number of amidine groups is 1. The SMILES string of the molecule is CCC1CN=C(Nc2cccc(C(N)=O)c2)S1. The molecular formula is C12H15N3OS. The first kappa shape index (κ1) is 12.0. The maximum Gasteiger partial charge on any atom is 0.248 e. The number of rotatable bonds is 3. The van der Waals surface area contributed by atoms with Gasteiger partial charge in [0.25, 0.3) is 0 Å². The molecule has 0 fully saturated rings. The van der Waals surface area contributed by atoms with E-state index in [1.54, 1.807) is 30.0 Å². The average Bonchev–Trinajstić information content (AvgIpc) is 2.77. The standard InChI is InChI=1S/C12H15N3OS/c1-2-10-7-14-12(17-10)15-9-5-3-4-8(6-9)11(13)16/h3-6,10H,2,7H2,1H3,(H2,13,16)(H,14,15). The normalized spacial score (nSPS) is 18.9. The molecule has 0 bridgehead atoms. The Labute approximate surface area is 105 Å². The first-order valence-corrected chi connectivity index (χ1v) is 6.45. The van der Waals surface area contributed by atoms with Crippen LogP contribution in [0.25, 0.3) is 0 Å². The maximum atomic E-state index is 11.0. The summed E-state index contributed by atoms with van der Waals surface area (Å²) < 4.78 is 0. The van der Waals surface area contributed by atoms with Crippen LogP contribution in [0.3, 0.4) is 0 Å². The zero-order valence-electron chi connectivity index (χ0n) is 9.64. The topological polar surface area (TPSA) is 67.5 Å². The van der Waals surface area contributed by atoms with Gasteiger partial charge in [-0.2, -0.15) is 0 Å². The summed E-state index contributed by atoms with van der Waals surface area (Å²) in [6.07, 6.45) is 1.11. The molecule has 17 heavy (non-hydrogen) atoms. The smallest absolute Gasteiger partial charge is 0.248 e. The molecule has 0 radical (unpaired) electrons. The van der Waals surface area contributed by atoms with E-state index in [4.69, 9.17) is 5.73 Å². The number of hydrogen-bond acceptors (Lipinski definition) is 4. The van der Waals surface area contributed by atoms with Gasteiger partial charge in [-0.05, 0) is 24.6 Å². The molecule has 1 aliphatic rings. The van der Waals surface area contributed by atoms with Gasteiger partial charge in [0.15, 0.2) is 5.17 Å². The number of primary amides is 1. The van der Waals surface area contributed by atoms with E-state index in [1.807, 2.05) is 6.07 Å². The van der Waals surface area contributed by atoms with Crippen molar-refractivity contribution in [3.05, 3.63) is 29.8 Å². The van der Waals surface area contributed by atoms with Crippen molar-refractivity contribution < 1.29 is 4.79 Å². The van der Waals surface area contributed by atoms with E-state index in [2.05, 4.69) is 17.2 Å². The largest absolute Gasteiger partial charge is 0.366 e. The Hall–Kier alpha value is -1.49. The average molecular weight is 249 g/mol. The lowest BCUT2D eigenvalue weighted by Crippen LogP contribution is -2.12. The highest BCUT2D eigenvalue weighted by molar-refractivity contribution is 8.15. The second-order valence-electron chi connectivity index (χ2n) is 3.86. The summed E-state index contributed by atoms with van der Waals surface area (Å²) in [4.78, 5) is 15.5. The zero-order valence-corrected chi connectivity index (χ0v) is 10.5. The third-order valence-corrected chi connectivity index (χ3v) is 3.84. The summed E-state index contributed by atoms with van der Waals surface area (Å²) in [6.45, 7) is 3.02. The minimum atomic E-state index is -0.416. The number of nitrogens with two attached hydrogens (primary N) is 1. The maximum absolute atomic E-state index is 11.0. The Morgan fingerprint density at radius 1 is 1.65 bits per heavy atom. The van der Waals surface area contributed by atoms with Crippen LogP contribution in [0.1, 0.15) is 23.7 Å². The van der Waals surface area contributed by atoms with Crippen molar-refractivity contribution in [1.82, 2.24) is 0 Å². The summed E-state index contributed by atoms with van der Waals surface area (Å²) in [6, 6.07) is 7.14. The number of benzene rings is 1. The molecule has 0 spiro atoms. The van der Waals surface area contributed by atoms with Gasteiger partial charge in [0.05, 0.1) is 6.54 Å². The predicted molar refractivity (Wildman–Crippen MR) is 72.6 cm³/mol. The monoisotopic (exact) mass is 249 g/mol. The van der Waals surface area contributed by atoms with E-state index in [0.717, 1.165) is 23.8 Å². The molecule has 90 valence electrons. The molecule has 4 nitrogen and oxygen atoms in total. The number of carbonyl (C=O) groups is 1. The molecule has 0 aliphatic carbocycles. The third kappa shape index (κ3) is 3.00. The number of amides is 1. The summed E-state index contributed by atoms with van der Waals surface area (Å²) >= 11 is 1.74. The molecule has 1 amide bonds. The minimum absolute atomic E-state index is 0.416. The van der Waals surface area contributed by atoms with Crippen LogP contribution < -0.4 is 11.1 Å². The van der Waals surface area contributed by atoms with E-state index in [-0.39, 0.29) is 0 Å². The zero-order chi connectivity index (χ0) is 12.3. The van der Waals surface area contributed by atoms with Crippen LogP contribution in [-0.4, -0.2) is 22.9 Å². The fraction of sp³-hybridized carbons (Fsp3) is 0.333. The van der Waals surface area contributed by atoms with Crippen molar-refractivity contribution in [1.29, 1.82) is 0 Å². The van der Waals surface area contributed by atoms with Gasteiger partial charge in [-0.3, -0.25) is 9.79 Å². The van der Waals surface area contributed by atoms with Gasteiger partial charge in [0.1, 0.15) is 0 Å². The molecular weight excluding hydrogens is 234 g/mol. The van der Waals surface area contributed by atoms with Crippen LogP contribution in [0, 0.1) is 0 Å². The Kier molecular flexibility index (Phi) is 3.68. The van der Waals surface area contributed by atoms with E-state index < -0.39 is 5.91 Å². The Bertz CT molecular complexity index is 459. The van der Waals surface area contributed by atoms with Gasteiger partial charge in [-0.1, -0.05) is 24.8 Å². The van der Waals surface area contributed by atoms with Crippen molar-refractivity contribution in [2.24, 2.45) is 10.7 Å². The third-order valence-electron chi connectivity index (χ3n) is 2.57. The van der Waals surface area contributed by atoms with E-state index in [9.17, 15) is 4.79 Å². The Morgan fingerprint density at radius 3 is 3.12 bits per heavy atom. The van der Waals surface area contributed by atoms with Crippen LogP contribution in [0.4, 0.5) is 5.69 Å². The second-order valence-corrected chi connectivity index (χ2v) is 5.15. The minimum Gasteiger partial charge on any atom is -0.366 e. The van der Waals surface area contributed by atoms with Crippen molar-refractivity contribution in [2.45, 2.75) is 18.6 Å². The van der Waals surface area contributed by atoms with Gasteiger partial charge in [0.2, 0.25) is 5.91 Å². The Balaban J connectivity index is 2.04. The molecule has 1 unspecified atom stereocenters. The van der Waals surface area contributed by atoms with E-state index in [0.29, 0.717) is 10.8 Å². The van der Waals surface area contributed by atoms with Crippen LogP contribution in [-0.2, 0) is 0 Å². The summed E-state index contributed by atoms with van der Waals surface area (Å²) in [5.41, 5.74) is 6.59. The molecule has 5 heteroatoms. The van der Waals surface area contributed by atoms with Gasteiger partial charge >= 0.3 is 0 Å². The second kappa shape index (κ2) is 5.23. The van der Waals surface area contributed by atoms with Gasteiger partial charge in [-0.15, -0.1) is 0 Å². The van der Waals surface area contributed by atoms with E-state index >= 15 is 0 Å². The van der Waals surface area contributed by atoms with Crippen LogP contribution >= 0.6 is 11.8 Å². The highest BCUT2D eigenvalue weighted by Gasteiger charge is 2.17. The molecule has 1 atom stereocenters. The highest BCUT2D eigenvalue weighted by atomic mass is 32.2. The molecule has 1 aromatic carbocycles. The van der Waals surface area contributed by atoms with Crippen molar-refractivity contribution in [2.75, 3.05) is 11.9 Å². The van der Waals surface area contributed by atoms with Crippen LogP contribution in [0.5, 0.6) is 0 Å². The number of aliphatic imine (C=N–C) groups is 1.